The highest BCUT2D eigenvalue weighted by molar-refractivity contribution is 5.44. The summed E-state index contributed by atoms with van der Waals surface area (Å²) in [7, 11) is 0. The number of halogens is 1. The molecule has 15 heavy (non-hydrogen) atoms. The molecule has 2 rings (SSSR count). The number of hydrogen-bond acceptors (Lipinski definition) is 3. The molecular formula is C11H15ClNO2-. The largest absolute Gasteiger partial charge is 1.00 e. The molecule has 1 heterocycles. The van der Waals surface area contributed by atoms with Crippen molar-refractivity contribution in [2.45, 2.75) is 19.4 Å². The van der Waals surface area contributed by atoms with Gasteiger partial charge in [0.15, 0.2) is 11.5 Å². The van der Waals surface area contributed by atoms with Gasteiger partial charge < -0.3 is 27.6 Å². The molecule has 0 aliphatic carbocycles. The van der Waals surface area contributed by atoms with Gasteiger partial charge in [0.2, 0.25) is 0 Å². The molecule has 3 nitrogen and oxygen atoms in total. The van der Waals surface area contributed by atoms with E-state index in [1.165, 1.54) is 0 Å². The zero-order valence-electron chi connectivity index (χ0n) is 8.70. The first kappa shape index (κ1) is 12.1. The molecular weight excluding hydrogens is 214 g/mol. The summed E-state index contributed by atoms with van der Waals surface area (Å²) in [4.78, 5) is 0. The van der Waals surface area contributed by atoms with Gasteiger partial charge in [-0.05, 0) is 24.1 Å². The summed E-state index contributed by atoms with van der Waals surface area (Å²) in [6.45, 7) is 3.32. The van der Waals surface area contributed by atoms with Gasteiger partial charge in [-0.3, -0.25) is 0 Å². The lowest BCUT2D eigenvalue weighted by atomic mass is 10.0. The zero-order chi connectivity index (χ0) is 9.97. The molecule has 0 spiro atoms. The van der Waals surface area contributed by atoms with Gasteiger partial charge in [-0.15, -0.1) is 0 Å². The van der Waals surface area contributed by atoms with Crippen molar-refractivity contribution in [3.63, 3.8) is 0 Å². The fourth-order valence-corrected chi connectivity index (χ4v) is 1.53. The summed E-state index contributed by atoms with van der Waals surface area (Å²) in [5.74, 6) is 1.64. The minimum absolute atomic E-state index is 0. The van der Waals surface area contributed by atoms with Crippen molar-refractivity contribution in [1.82, 2.24) is 0 Å². The lowest BCUT2D eigenvalue weighted by Gasteiger charge is -2.20. The Morgan fingerprint density at radius 3 is 2.60 bits per heavy atom. The smallest absolute Gasteiger partial charge is 0.161 e. The second kappa shape index (κ2) is 5.24. The van der Waals surface area contributed by atoms with E-state index < -0.39 is 0 Å². The summed E-state index contributed by atoms with van der Waals surface area (Å²) >= 11 is 0. The quantitative estimate of drug-likeness (QED) is 0.697. The number of ether oxygens (including phenoxy) is 2. The maximum Gasteiger partial charge on any atom is 0.161 e. The van der Waals surface area contributed by atoms with Crippen LogP contribution in [0.15, 0.2) is 18.2 Å². The number of rotatable bonds is 2. The molecule has 2 N–H and O–H groups in total. The highest BCUT2D eigenvalue weighted by atomic mass is 35.5. The Morgan fingerprint density at radius 2 is 1.93 bits per heavy atom. The first-order chi connectivity index (χ1) is 6.81. The van der Waals surface area contributed by atoms with Gasteiger partial charge in [0.1, 0.15) is 13.2 Å². The zero-order valence-corrected chi connectivity index (χ0v) is 9.46. The van der Waals surface area contributed by atoms with E-state index in [-0.39, 0.29) is 18.4 Å². The fourth-order valence-electron chi connectivity index (χ4n) is 1.53. The van der Waals surface area contributed by atoms with Crippen molar-refractivity contribution < 1.29 is 21.9 Å². The van der Waals surface area contributed by atoms with Gasteiger partial charge in [0.25, 0.3) is 0 Å². The van der Waals surface area contributed by atoms with Crippen LogP contribution in [0.1, 0.15) is 24.9 Å². The van der Waals surface area contributed by atoms with E-state index in [2.05, 4.69) is 6.92 Å². The Morgan fingerprint density at radius 1 is 1.27 bits per heavy atom. The maximum absolute atomic E-state index is 5.93. The molecule has 1 unspecified atom stereocenters. The summed E-state index contributed by atoms with van der Waals surface area (Å²) < 4.78 is 10.9. The van der Waals surface area contributed by atoms with Crippen LogP contribution in [0, 0.1) is 0 Å². The monoisotopic (exact) mass is 228 g/mol. The van der Waals surface area contributed by atoms with Gasteiger partial charge in [0.05, 0.1) is 0 Å². The lowest BCUT2D eigenvalue weighted by molar-refractivity contribution is -0.00000360. The van der Waals surface area contributed by atoms with Crippen molar-refractivity contribution in [2.24, 2.45) is 5.73 Å². The molecule has 0 radical (unpaired) electrons. The highest BCUT2D eigenvalue weighted by Gasteiger charge is 2.13. The average molecular weight is 229 g/mol. The number of benzene rings is 1. The van der Waals surface area contributed by atoms with E-state index in [0.29, 0.717) is 13.2 Å². The predicted octanol–water partition coefficient (Wildman–Crippen LogP) is -1.13. The third kappa shape index (κ3) is 2.55. The Balaban J connectivity index is 0.00000112. The number of nitrogens with two attached hydrogens (primary N) is 1. The van der Waals surface area contributed by atoms with Crippen LogP contribution in [0.2, 0.25) is 0 Å². The fraction of sp³-hybridized carbons (Fsp3) is 0.455. The van der Waals surface area contributed by atoms with Crippen LogP contribution in [-0.4, -0.2) is 13.2 Å². The Hall–Kier alpha value is -0.930. The third-order valence-corrected chi connectivity index (χ3v) is 2.43. The minimum Gasteiger partial charge on any atom is -1.00 e. The lowest BCUT2D eigenvalue weighted by Crippen LogP contribution is -3.00. The molecule has 84 valence electrons. The molecule has 1 aliphatic heterocycles. The van der Waals surface area contributed by atoms with Crippen molar-refractivity contribution >= 4 is 0 Å². The predicted molar refractivity (Wildman–Crippen MR) is 54.7 cm³/mol. The van der Waals surface area contributed by atoms with Crippen LogP contribution < -0.4 is 27.6 Å². The Bertz CT molecular complexity index is 330. The third-order valence-electron chi connectivity index (χ3n) is 2.43. The summed E-state index contributed by atoms with van der Waals surface area (Å²) in [5, 5.41) is 0. The second-order valence-electron chi connectivity index (χ2n) is 3.42. The van der Waals surface area contributed by atoms with Gasteiger partial charge in [-0.2, -0.15) is 0 Å². The highest BCUT2D eigenvalue weighted by Crippen LogP contribution is 2.32. The standard InChI is InChI=1S/C11H15NO2.ClH/c1-2-9(12)8-3-4-10-11(7-8)14-6-5-13-10;/h3-4,7,9H,2,5-6,12H2,1H3;1H/p-1. The van der Waals surface area contributed by atoms with Crippen LogP contribution in [-0.2, 0) is 0 Å². The molecule has 1 aromatic carbocycles. The topological polar surface area (TPSA) is 44.5 Å². The minimum atomic E-state index is 0. The number of fused-ring (bicyclic) bond motifs is 1. The molecule has 0 amide bonds. The molecule has 4 heteroatoms. The molecule has 1 aliphatic rings. The van der Waals surface area contributed by atoms with Crippen molar-refractivity contribution in [1.29, 1.82) is 0 Å². The van der Waals surface area contributed by atoms with E-state index >= 15 is 0 Å². The molecule has 0 saturated heterocycles. The van der Waals surface area contributed by atoms with Gasteiger partial charge in [-0.1, -0.05) is 13.0 Å². The van der Waals surface area contributed by atoms with Gasteiger partial charge >= 0.3 is 0 Å². The summed E-state index contributed by atoms with van der Waals surface area (Å²) in [6, 6.07) is 6.00. The average Bonchev–Trinajstić information content (AvgIpc) is 2.27. The normalized spacial score (nSPS) is 15.3. The number of hydrogen-bond donors (Lipinski definition) is 1. The van der Waals surface area contributed by atoms with Crippen LogP contribution in [0.25, 0.3) is 0 Å². The van der Waals surface area contributed by atoms with E-state index in [1.807, 2.05) is 18.2 Å². The van der Waals surface area contributed by atoms with Crippen LogP contribution in [0.3, 0.4) is 0 Å². The maximum atomic E-state index is 5.93. The molecule has 0 saturated carbocycles. The van der Waals surface area contributed by atoms with Crippen LogP contribution in [0.4, 0.5) is 0 Å². The summed E-state index contributed by atoms with van der Waals surface area (Å²) in [5.41, 5.74) is 7.04. The first-order valence-electron chi connectivity index (χ1n) is 4.96. The molecule has 1 aromatic rings. The Labute approximate surface area is 96.0 Å². The van der Waals surface area contributed by atoms with Crippen molar-refractivity contribution in [3.05, 3.63) is 23.8 Å². The van der Waals surface area contributed by atoms with E-state index in [4.69, 9.17) is 15.2 Å². The van der Waals surface area contributed by atoms with E-state index in [1.54, 1.807) is 0 Å². The van der Waals surface area contributed by atoms with E-state index in [0.717, 1.165) is 23.5 Å². The van der Waals surface area contributed by atoms with Crippen LogP contribution >= 0.6 is 0 Å². The molecule has 1 atom stereocenters. The Kier molecular flexibility index (Phi) is 4.24. The van der Waals surface area contributed by atoms with E-state index in [9.17, 15) is 0 Å². The first-order valence-corrected chi connectivity index (χ1v) is 4.96. The molecule has 0 aromatic heterocycles. The van der Waals surface area contributed by atoms with Crippen molar-refractivity contribution in [2.75, 3.05) is 13.2 Å². The van der Waals surface area contributed by atoms with Gasteiger partial charge in [-0.25, -0.2) is 0 Å². The molecule has 0 bridgehead atoms. The van der Waals surface area contributed by atoms with Crippen molar-refractivity contribution in [3.8, 4) is 11.5 Å². The second-order valence-corrected chi connectivity index (χ2v) is 3.42. The molecule has 0 fully saturated rings. The SMILES string of the molecule is CCC(N)c1ccc2c(c1)OCCO2.[Cl-]. The van der Waals surface area contributed by atoms with Gasteiger partial charge in [0, 0.05) is 6.04 Å². The van der Waals surface area contributed by atoms with Crippen LogP contribution in [0.5, 0.6) is 11.5 Å². The summed E-state index contributed by atoms with van der Waals surface area (Å²) in [6.07, 6.45) is 0.930.